The highest BCUT2D eigenvalue weighted by molar-refractivity contribution is 7.89. The molecule has 7 heteroatoms. The molecule has 1 unspecified atom stereocenters. The van der Waals surface area contributed by atoms with Gasteiger partial charge in [0.15, 0.2) is 0 Å². The number of carbonyl (C=O) groups is 1. The third kappa shape index (κ3) is 3.67. The molecular weight excluding hydrogens is 338 g/mol. The van der Waals surface area contributed by atoms with Crippen molar-refractivity contribution in [1.82, 2.24) is 10.0 Å². The van der Waals surface area contributed by atoms with Crippen LogP contribution in [0.4, 0.5) is 5.69 Å². The lowest BCUT2D eigenvalue weighted by Crippen LogP contribution is -2.23. The Kier molecular flexibility index (Phi) is 5.06. The van der Waals surface area contributed by atoms with Gasteiger partial charge in [0.05, 0.1) is 10.5 Å². The number of carbonyl (C=O) groups excluding carboxylic acids is 1. The number of rotatable bonds is 6. The molecule has 3 N–H and O–H groups in total. The number of benzene rings is 1. The lowest BCUT2D eigenvalue weighted by atomic mass is 9.84. The van der Waals surface area contributed by atoms with Crippen LogP contribution in [0.15, 0.2) is 23.1 Å². The van der Waals surface area contributed by atoms with Gasteiger partial charge in [-0.05, 0) is 55.8 Å². The Balaban J connectivity index is 1.75. The Bertz CT molecular complexity index is 755. The molecule has 2 fully saturated rings. The maximum absolute atomic E-state index is 12.2. The van der Waals surface area contributed by atoms with Crippen molar-refractivity contribution in [3.63, 3.8) is 0 Å². The van der Waals surface area contributed by atoms with Gasteiger partial charge in [-0.15, -0.1) is 0 Å². The van der Waals surface area contributed by atoms with Gasteiger partial charge in [0.1, 0.15) is 0 Å². The standard InChI is InChI=1S/C18H27N3O3S/c1-19-17(22)15-10-14(25(23,24)20-2)6-7-16(15)21-12-13-11-18(13)8-4-3-5-9-18/h6-7,10,13,20-21H,3-5,8-9,11-12H2,1-2H3,(H,19,22). The van der Waals surface area contributed by atoms with Gasteiger partial charge in [-0.3, -0.25) is 4.79 Å². The molecule has 0 radical (unpaired) electrons. The van der Waals surface area contributed by atoms with Crippen LogP contribution in [-0.2, 0) is 10.0 Å². The minimum Gasteiger partial charge on any atom is -0.384 e. The summed E-state index contributed by atoms with van der Waals surface area (Å²) < 4.78 is 26.3. The predicted octanol–water partition coefficient (Wildman–Crippen LogP) is 2.34. The molecule has 1 aromatic carbocycles. The second-order valence-corrected chi connectivity index (χ2v) is 9.09. The van der Waals surface area contributed by atoms with Gasteiger partial charge in [-0.1, -0.05) is 19.3 Å². The van der Waals surface area contributed by atoms with E-state index in [0.717, 1.165) is 6.54 Å². The van der Waals surface area contributed by atoms with E-state index in [1.807, 2.05) is 0 Å². The molecule has 25 heavy (non-hydrogen) atoms. The van der Waals surface area contributed by atoms with Crippen LogP contribution < -0.4 is 15.4 Å². The minimum absolute atomic E-state index is 0.0920. The molecule has 138 valence electrons. The number of amides is 1. The van der Waals surface area contributed by atoms with Crippen LogP contribution >= 0.6 is 0 Å². The third-order valence-corrected chi connectivity index (χ3v) is 7.20. The molecule has 1 atom stereocenters. The summed E-state index contributed by atoms with van der Waals surface area (Å²) in [5, 5.41) is 5.97. The first-order chi connectivity index (χ1) is 11.9. The van der Waals surface area contributed by atoms with E-state index in [1.165, 1.54) is 57.7 Å². The minimum atomic E-state index is -3.58. The zero-order chi connectivity index (χ0) is 18.1. The van der Waals surface area contributed by atoms with Gasteiger partial charge in [0, 0.05) is 19.3 Å². The Morgan fingerprint density at radius 1 is 1.20 bits per heavy atom. The van der Waals surface area contributed by atoms with E-state index in [2.05, 4.69) is 15.4 Å². The van der Waals surface area contributed by atoms with E-state index < -0.39 is 10.0 Å². The number of hydrogen-bond acceptors (Lipinski definition) is 4. The zero-order valence-electron chi connectivity index (χ0n) is 14.9. The molecule has 2 aliphatic rings. The average Bonchev–Trinajstić information content (AvgIpc) is 3.30. The van der Waals surface area contributed by atoms with Crippen molar-refractivity contribution in [1.29, 1.82) is 0 Å². The second-order valence-electron chi connectivity index (χ2n) is 7.20. The highest BCUT2D eigenvalue weighted by Gasteiger charge is 2.53. The molecule has 2 aliphatic carbocycles. The fourth-order valence-corrected chi connectivity index (χ4v) is 4.86. The first-order valence-electron chi connectivity index (χ1n) is 8.95. The molecule has 1 amide bonds. The highest BCUT2D eigenvalue weighted by Crippen LogP contribution is 2.61. The van der Waals surface area contributed by atoms with Crippen LogP contribution in [0.25, 0.3) is 0 Å². The number of nitrogens with one attached hydrogen (secondary N) is 3. The average molecular weight is 365 g/mol. The lowest BCUT2D eigenvalue weighted by Gasteiger charge is -2.23. The summed E-state index contributed by atoms with van der Waals surface area (Å²) in [7, 11) is -0.674. The number of sulfonamides is 1. The summed E-state index contributed by atoms with van der Waals surface area (Å²) >= 11 is 0. The van der Waals surface area contributed by atoms with Crippen molar-refractivity contribution in [3.8, 4) is 0 Å². The van der Waals surface area contributed by atoms with Crippen LogP contribution in [0.5, 0.6) is 0 Å². The van der Waals surface area contributed by atoms with Crippen molar-refractivity contribution >= 4 is 21.6 Å². The van der Waals surface area contributed by atoms with E-state index in [0.29, 0.717) is 22.6 Å². The fraction of sp³-hybridized carbons (Fsp3) is 0.611. The molecule has 2 saturated carbocycles. The van der Waals surface area contributed by atoms with E-state index in [4.69, 9.17) is 0 Å². The van der Waals surface area contributed by atoms with Gasteiger partial charge >= 0.3 is 0 Å². The Labute approximate surface area is 149 Å². The maximum atomic E-state index is 12.2. The Morgan fingerprint density at radius 3 is 2.56 bits per heavy atom. The number of hydrogen-bond donors (Lipinski definition) is 3. The normalized spacial score (nSPS) is 21.8. The maximum Gasteiger partial charge on any atom is 0.253 e. The molecule has 1 aromatic rings. The molecule has 3 rings (SSSR count). The topological polar surface area (TPSA) is 87.3 Å². The van der Waals surface area contributed by atoms with Crippen LogP contribution in [0.3, 0.4) is 0 Å². The van der Waals surface area contributed by atoms with Crippen molar-refractivity contribution < 1.29 is 13.2 Å². The molecular formula is C18H27N3O3S. The fourth-order valence-electron chi connectivity index (χ4n) is 4.11. The summed E-state index contributed by atoms with van der Waals surface area (Å²) in [5.74, 6) is 0.366. The van der Waals surface area contributed by atoms with Crippen LogP contribution in [-0.4, -0.2) is 35.0 Å². The largest absolute Gasteiger partial charge is 0.384 e. The predicted molar refractivity (Wildman–Crippen MR) is 98.2 cm³/mol. The summed E-state index contributed by atoms with van der Waals surface area (Å²) in [6, 6.07) is 4.64. The van der Waals surface area contributed by atoms with E-state index >= 15 is 0 Å². The van der Waals surface area contributed by atoms with Gasteiger partial charge in [-0.25, -0.2) is 13.1 Å². The van der Waals surface area contributed by atoms with Crippen LogP contribution in [0, 0.1) is 11.3 Å². The summed E-state index contributed by atoms with van der Waals surface area (Å²) in [4.78, 5) is 12.3. The monoisotopic (exact) mass is 365 g/mol. The Morgan fingerprint density at radius 2 is 1.92 bits per heavy atom. The molecule has 0 aliphatic heterocycles. The van der Waals surface area contributed by atoms with Crippen molar-refractivity contribution in [2.24, 2.45) is 11.3 Å². The van der Waals surface area contributed by atoms with Gasteiger partial charge in [0.2, 0.25) is 10.0 Å². The van der Waals surface area contributed by atoms with Gasteiger partial charge < -0.3 is 10.6 Å². The summed E-state index contributed by atoms with van der Waals surface area (Å²) in [5.41, 5.74) is 1.57. The van der Waals surface area contributed by atoms with E-state index in [1.54, 1.807) is 13.1 Å². The van der Waals surface area contributed by atoms with Crippen molar-refractivity contribution in [2.75, 3.05) is 26.0 Å². The Hall–Kier alpha value is -1.60. The van der Waals surface area contributed by atoms with Crippen molar-refractivity contribution in [2.45, 2.75) is 43.4 Å². The van der Waals surface area contributed by atoms with E-state index in [-0.39, 0.29) is 10.8 Å². The first-order valence-corrected chi connectivity index (χ1v) is 10.4. The van der Waals surface area contributed by atoms with Crippen LogP contribution in [0.2, 0.25) is 0 Å². The molecule has 0 bridgehead atoms. The quantitative estimate of drug-likeness (QED) is 0.722. The molecule has 0 heterocycles. The molecule has 0 aromatic heterocycles. The lowest BCUT2D eigenvalue weighted by molar-refractivity contribution is 0.0963. The molecule has 6 nitrogen and oxygen atoms in total. The van der Waals surface area contributed by atoms with Gasteiger partial charge in [-0.2, -0.15) is 0 Å². The van der Waals surface area contributed by atoms with Crippen LogP contribution in [0.1, 0.15) is 48.9 Å². The zero-order valence-corrected chi connectivity index (χ0v) is 15.7. The van der Waals surface area contributed by atoms with E-state index in [9.17, 15) is 13.2 Å². The first kappa shape index (κ1) is 18.2. The second kappa shape index (κ2) is 6.96. The third-order valence-electron chi connectivity index (χ3n) is 5.79. The summed E-state index contributed by atoms with van der Waals surface area (Å²) in [6.45, 7) is 0.835. The smallest absolute Gasteiger partial charge is 0.253 e. The summed E-state index contributed by atoms with van der Waals surface area (Å²) in [6.07, 6.45) is 7.92. The molecule has 1 spiro atoms. The van der Waals surface area contributed by atoms with Gasteiger partial charge in [0.25, 0.3) is 5.91 Å². The van der Waals surface area contributed by atoms with Crippen molar-refractivity contribution in [3.05, 3.63) is 23.8 Å². The number of anilines is 1. The molecule has 0 saturated heterocycles. The SMILES string of the molecule is CNC(=O)c1cc(S(=O)(=O)NC)ccc1NCC1CC12CCCCC2. The highest BCUT2D eigenvalue weighted by atomic mass is 32.2.